The van der Waals surface area contributed by atoms with Crippen LogP contribution in [0.1, 0.15) is 41.5 Å². The summed E-state index contributed by atoms with van der Waals surface area (Å²) in [5, 5.41) is 8.79. The van der Waals surface area contributed by atoms with Gasteiger partial charge in [0.2, 0.25) is 5.36 Å². The molecule has 0 aliphatic heterocycles. The summed E-state index contributed by atoms with van der Waals surface area (Å²) in [7, 11) is 0. The van der Waals surface area contributed by atoms with E-state index >= 15 is 0 Å². The molecule has 20 heavy (non-hydrogen) atoms. The van der Waals surface area contributed by atoms with Crippen LogP contribution in [0.25, 0.3) is 0 Å². The van der Waals surface area contributed by atoms with Gasteiger partial charge in [0.15, 0.2) is 6.07 Å². The molecule has 1 aromatic rings. The second-order valence-corrected chi connectivity index (χ2v) is 7.59. The van der Waals surface area contributed by atoms with Crippen molar-refractivity contribution in [2.24, 2.45) is 20.8 Å². The van der Waals surface area contributed by atoms with Crippen LogP contribution in [-0.4, -0.2) is 18.2 Å². The molecule has 0 unspecified atom stereocenters. The van der Waals surface area contributed by atoms with Gasteiger partial charge in [-0.05, 0) is 10.8 Å². The van der Waals surface area contributed by atoms with Crippen molar-refractivity contribution < 1.29 is 5.11 Å². The molecule has 4 heteroatoms. The molecule has 0 heterocycles. The Labute approximate surface area is 120 Å². The third-order valence-electron chi connectivity index (χ3n) is 2.52. The number of benzene rings is 1. The van der Waals surface area contributed by atoms with Crippen molar-refractivity contribution in [3.8, 4) is 5.75 Å². The Bertz CT molecular complexity index is 628. The van der Waals surface area contributed by atoms with Gasteiger partial charge < -0.3 is 5.11 Å². The van der Waals surface area contributed by atoms with E-state index in [4.69, 9.17) is 5.11 Å². The van der Waals surface area contributed by atoms with Gasteiger partial charge in [0.25, 0.3) is 5.36 Å². The smallest absolute Gasteiger partial charge is 0.386 e. The minimum Gasteiger partial charge on any atom is -0.537 e. The van der Waals surface area contributed by atoms with Gasteiger partial charge in [0, 0.05) is 13.1 Å². The highest BCUT2D eigenvalue weighted by Gasteiger charge is 2.16. The van der Waals surface area contributed by atoms with Gasteiger partial charge in [-0.25, -0.2) is 4.79 Å². The van der Waals surface area contributed by atoms with Crippen LogP contribution in [0.2, 0.25) is 0 Å². The molecule has 110 valence electrons. The molecule has 1 aromatic carbocycles. The Morgan fingerprint density at radius 2 is 1.45 bits per heavy atom. The maximum atomic E-state index is 11.9. The Balaban J connectivity index is 3.27. The summed E-state index contributed by atoms with van der Waals surface area (Å²) < 4.78 is 0. The number of nitrogens with zero attached hydrogens (tertiary/aromatic N) is 2. The maximum absolute atomic E-state index is 11.9. The first kappa shape index (κ1) is 16.5. The molecule has 0 saturated carbocycles. The van der Waals surface area contributed by atoms with Crippen LogP contribution in [0, 0.1) is 10.8 Å². The molecule has 4 nitrogen and oxygen atoms in total. The maximum Gasteiger partial charge on any atom is 0.386 e. The highest BCUT2D eigenvalue weighted by molar-refractivity contribution is 5.19. The van der Waals surface area contributed by atoms with Crippen molar-refractivity contribution in [2.45, 2.75) is 41.5 Å². The molecule has 0 radical (unpaired) electrons. The monoisotopic (exact) mass is 278 g/mol. The van der Waals surface area contributed by atoms with E-state index < -0.39 is 0 Å². The molecule has 0 saturated heterocycles. The molecule has 0 atom stereocenters. The lowest BCUT2D eigenvalue weighted by Crippen LogP contribution is -2.30. The summed E-state index contributed by atoms with van der Waals surface area (Å²) in [6, 6.07) is 2.95. The van der Waals surface area contributed by atoms with Crippen LogP contribution in [-0.2, 0) is 0 Å². The lowest BCUT2D eigenvalue weighted by Gasteiger charge is -2.13. The lowest BCUT2D eigenvalue weighted by atomic mass is 9.97. The van der Waals surface area contributed by atoms with Crippen molar-refractivity contribution in [3.63, 3.8) is 0 Å². The number of hydrogen-bond acceptors (Lipinski definition) is 3. The Morgan fingerprint density at radius 1 is 1.00 bits per heavy atom. The van der Waals surface area contributed by atoms with Gasteiger partial charge in [-0.2, -0.15) is 0 Å². The van der Waals surface area contributed by atoms with Gasteiger partial charge in [0.05, 0.1) is 0 Å². The van der Waals surface area contributed by atoms with E-state index in [1.165, 1.54) is 6.07 Å². The molecule has 2 N–H and O–H groups in total. The van der Waals surface area contributed by atoms with Crippen molar-refractivity contribution in [2.75, 3.05) is 13.1 Å². The third kappa shape index (κ3) is 5.59. The average molecular weight is 278 g/mol. The van der Waals surface area contributed by atoms with E-state index in [1.54, 1.807) is 6.07 Å². The summed E-state index contributed by atoms with van der Waals surface area (Å²) in [6.45, 7) is 13.7. The molecule has 0 spiro atoms. The zero-order valence-electron chi connectivity index (χ0n) is 13.4. The molecular weight excluding hydrogens is 252 g/mol. The normalized spacial score (nSPS) is 14.9. The average Bonchev–Trinajstić information content (AvgIpc) is 2.24. The van der Waals surface area contributed by atoms with Crippen LogP contribution < -0.4 is 16.1 Å². The topological polar surface area (TPSA) is 64.7 Å². The van der Waals surface area contributed by atoms with Gasteiger partial charge in [-0.3, -0.25) is 9.98 Å². The predicted molar refractivity (Wildman–Crippen MR) is 82.3 cm³/mol. The minimum atomic E-state index is -0.200. The van der Waals surface area contributed by atoms with E-state index in [1.807, 2.05) is 0 Å². The summed E-state index contributed by atoms with van der Waals surface area (Å²) in [5.74, 6) is 0.175. The third-order valence-corrected chi connectivity index (χ3v) is 2.52. The highest BCUT2D eigenvalue weighted by atomic mass is 16.3. The zero-order valence-corrected chi connectivity index (χ0v) is 13.4. The van der Waals surface area contributed by atoms with Crippen molar-refractivity contribution in [1.29, 1.82) is 0 Å². The second kappa shape index (κ2) is 5.81. The summed E-state index contributed by atoms with van der Waals surface area (Å²) >= 11 is 0. The van der Waals surface area contributed by atoms with Gasteiger partial charge in [-0.15, -0.1) is 0 Å². The molecule has 0 amide bonds. The van der Waals surface area contributed by atoms with E-state index in [2.05, 4.69) is 51.5 Å². The fourth-order valence-electron chi connectivity index (χ4n) is 1.46. The molecule has 0 aliphatic carbocycles. The van der Waals surface area contributed by atoms with Crippen molar-refractivity contribution in [1.82, 2.24) is 0 Å². The lowest BCUT2D eigenvalue weighted by molar-refractivity contribution is 0.419. The summed E-state index contributed by atoms with van der Waals surface area (Å²) in [6.07, 6.45) is 0. The Kier molecular flexibility index (Phi) is 4.79. The van der Waals surface area contributed by atoms with Crippen LogP contribution >= 0.6 is 0 Å². The first-order chi connectivity index (χ1) is 8.98. The molecule has 0 aromatic heterocycles. The largest absolute Gasteiger partial charge is 0.537 e. The standard InChI is InChI=1S/C16H24N2O2/c1-15(2,3)9-17-11-7-12(14(20)8-13(11)19)18-10-16(4,5)6/h7-8H,9-10H2,1-6H3/p+2. The van der Waals surface area contributed by atoms with Crippen LogP contribution in [0.15, 0.2) is 26.9 Å². The molecule has 0 fully saturated rings. The van der Waals surface area contributed by atoms with E-state index in [0.717, 1.165) is 0 Å². The van der Waals surface area contributed by atoms with E-state index in [9.17, 15) is 4.79 Å². The minimum absolute atomic E-state index is 0.0365. The fraction of sp³-hybridized carbons (Fsp3) is 0.625. The van der Waals surface area contributed by atoms with E-state index in [0.29, 0.717) is 23.8 Å². The number of rotatable bonds is 2. The first-order valence-corrected chi connectivity index (χ1v) is 6.90. The van der Waals surface area contributed by atoms with Gasteiger partial charge in [-0.1, -0.05) is 41.5 Å². The molecular formula is C16H26N2O2+2. The molecule has 0 aliphatic rings. The SMILES string of the molecule is CC(C)(C)CN=c1[cH+]c(=NCC(C)(C)C)c(=O)cc1[OH2+]. The Hall–Kier alpha value is -1.58. The number of hydrogen-bond donors (Lipinski definition) is 0. The van der Waals surface area contributed by atoms with Crippen molar-refractivity contribution in [3.05, 3.63) is 33.1 Å². The van der Waals surface area contributed by atoms with Crippen LogP contribution in [0.3, 0.4) is 0 Å². The first-order valence-electron chi connectivity index (χ1n) is 6.90. The Morgan fingerprint density at radius 3 is 1.90 bits per heavy atom. The van der Waals surface area contributed by atoms with Crippen LogP contribution in [0.5, 0.6) is 5.75 Å². The summed E-state index contributed by atoms with van der Waals surface area (Å²) in [5.41, 5.74) is -0.103. The summed E-state index contributed by atoms with van der Waals surface area (Å²) in [4.78, 5) is 20.7. The quantitative estimate of drug-likeness (QED) is 0.597. The molecule has 0 bridgehead atoms. The highest BCUT2D eigenvalue weighted by Crippen LogP contribution is 2.13. The zero-order chi connectivity index (χ0) is 15.6. The predicted octanol–water partition coefficient (Wildman–Crippen LogP) is 1.53. The second-order valence-electron chi connectivity index (χ2n) is 7.59. The van der Waals surface area contributed by atoms with E-state index in [-0.39, 0.29) is 22.0 Å². The van der Waals surface area contributed by atoms with Gasteiger partial charge >= 0.3 is 11.2 Å². The fourth-order valence-corrected chi connectivity index (χ4v) is 1.46. The molecule has 1 rings (SSSR count). The van der Waals surface area contributed by atoms with Gasteiger partial charge in [0.1, 0.15) is 6.07 Å². The van der Waals surface area contributed by atoms with Crippen molar-refractivity contribution >= 4 is 0 Å². The van der Waals surface area contributed by atoms with Crippen LogP contribution in [0.4, 0.5) is 0 Å².